The minimum absolute atomic E-state index is 0. The number of aromatic amines is 1. The summed E-state index contributed by atoms with van der Waals surface area (Å²) in [5.41, 5.74) is 4.48. The summed E-state index contributed by atoms with van der Waals surface area (Å²) < 4.78 is 13.9. The maximum Gasteiger partial charge on any atom is 0.191 e. The van der Waals surface area contributed by atoms with Gasteiger partial charge in [0, 0.05) is 35.8 Å². The largest absolute Gasteiger partial charge is 0.361 e. The summed E-state index contributed by atoms with van der Waals surface area (Å²) in [7, 11) is 0. The molecule has 1 aromatic heterocycles. The van der Waals surface area contributed by atoms with E-state index >= 15 is 0 Å². The maximum atomic E-state index is 13.9. The van der Waals surface area contributed by atoms with Crippen LogP contribution in [0.5, 0.6) is 0 Å². The van der Waals surface area contributed by atoms with E-state index < -0.39 is 0 Å². The Bertz CT molecular complexity index is 1040. The van der Waals surface area contributed by atoms with Crippen molar-refractivity contribution in [3.8, 4) is 6.07 Å². The summed E-state index contributed by atoms with van der Waals surface area (Å²) in [4.78, 5) is 7.79. The van der Waals surface area contributed by atoms with Crippen LogP contribution in [-0.2, 0) is 13.0 Å². The van der Waals surface area contributed by atoms with E-state index in [-0.39, 0.29) is 36.3 Å². The molecule has 0 amide bonds. The van der Waals surface area contributed by atoms with Gasteiger partial charge in [-0.15, -0.1) is 24.0 Å². The van der Waals surface area contributed by atoms with Crippen molar-refractivity contribution < 1.29 is 4.39 Å². The number of rotatable bonds is 6. The van der Waals surface area contributed by atoms with Crippen molar-refractivity contribution in [3.63, 3.8) is 0 Å². The number of para-hydroxylation sites is 1. The number of benzene rings is 2. The van der Waals surface area contributed by atoms with E-state index in [2.05, 4.69) is 45.7 Å². The monoisotopic (exact) mass is 505 g/mol. The Morgan fingerprint density at radius 1 is 1.21 bits per heavy atom. The molecule has 3 rings (SSSR count). The summed E-state index contributed by atoms with van der Waals surface area (Å²) in [6.45, 7) is 5.66. The molecule has 29 heavy (non-hydrogen) atoms. The molecule has 0 bridgehead atoms. The number of nitriles is 1. The second-order valence-corrected chi connectivity index (χ2v) is 6.60. The van der Waals surface area contributed by atoms with E-state index in [1.807, 2.05) is 19.2 Å². The quantitative estimate of drug-likeness (QED) is 0.264. The molecule has 0 spiro atoms. The lowest BCUT2D eigenvalue weighted by Crippen LogP contribution is -2.38. The normalized spacial score (nSPS) is 11.0. The highest BCUT2D eigenvalue weighted by atomic mass is 127. The summed E-state index contributed by atoms with van der Waals surface area (Å²) in [5.74, 6) is 0.271. The molecule has 0 fully saturated rings. The van der Waals surface area contributed by atoms with Crippen LogP contribution in [0.25, 0.3) is 10.9 Å². The van der Waals surface area contributed by atoms with Crippen molar-refractivity contribution in [2.75, 3.05) is 13.1 Å². The molecule has 0 radical (unpaired) electrons. The number of aromatic nitrogens is 1. The van der Waals surface area contributed by atoms with Gasteiger partial charge in [0.15, 0.2) is 5.96 Å². The van der Waals surface area contributed by atoms with E-state index in [0.29, 0.717) is 30.2 Å². The Morgan fingerprint density at radius 2 is 2.03 bits per heavy atom. The topological polar surface area (TPSA) is 76.0 Å². The van der Waals surface area contributed by atoms with Crippen LogP contribution >= 0.6 is 24.0 Å². The van der Waals surface area contributed by atoms with Crippen LogP contribution in [0.4, 0.5) is 4.39 Å². The number of hydrogen-bond donors (Lipinski definition) is 3. The highest BCUT2D eigenvalue weighted by molar-refractivity contribution is 14.0. The van der Waals surface area contributed by atoms with Crippen LogP contribution in [0.1, 0.15) is 29.2 Å². The van der Waals surface area contributed by atoms with Gasteiger partial charge in [0.05, 0.1) is 18.2 Å². The Kier molecular flexibility index (Phi) is 8.46. The van der Waals surface area contributed by atoms with E-state index in [1.54, 1.807) is 0 Å². The predicted molar refractivity (Wildman–Crippen MR) is 126 cm³/mol. The fourth-order valence-corrected chi connectivity index (χ4v) is 3.16. The number of nitrogens with one attached hydrogen (secondary N) is 3. The summed E-state index contributed by atoms with van der Waals surface area (Å²) in [6.07, 6.45) is 2.89. The first-order valence-corrected chi connectivity index (χ1v) is 9.38. The van der Waals surface area contributed by atoms with E-state index in [1.165, 1.54) is 40.2 Å². The Hall–Kier alpha value is -2.60. The van der Waals surface area contributed by atoms with Gasteiger partial charge in [0.2, 0.25) is 0 Å². The SMILES string of the molecule is CCNC(=NCc1cc(C#N)ccc1F)NCCc1c[nH]c2c(C)cccc12.I. The Balaban J connectivity index is 0.00000300. The van der Waals surface area contributed by atoms with Gasteiger partial charge in [-0.25, -0.2) is 9.38 Å². The molecule has 152 valence electrons. The van der Waals surface area contributed by atoms with Crippen LogP contribution in [0, 0.1) is 24.1 Å². The molecule has 0 aliphatic heterocycles. The molecule has 0 unspecified atom stereocenters. The molecule has 5 nitrogen and oxygen atoms in total. The molecule has 0 atom stereocenters. The lowest BCUT2D eigenvalue weighted by atomic mass is 10.1. The first kappa shape index (κ1) is 22.7. The van der Waals surface area contributed by atoms with Gasteiger partial charge in [-0.3, -0.25) is 0 Å². The second-order valence-electron chi connectivity index (χ2n) is 6.60. The van der Waals surface area contributed by atoms with Crippen molar-refractivity contribution in [3.05, 3.63) is 70.7 Å². The van der Waals surface area contributed by atoms with Gasteiger partial charge < -0.3 is 15.6 Å². The minimum Gasteiger partial charge on any atom is -0.361 e. The molecule has 7 heteroatoms. The fourth-order valence-electron chi connectivity index (χ4n) is 3.16. The number of aliphatic imine (C=N–C) groups is 1. The Labute approximate surface area is 187 Å². The third-order valence-corrected chi connectivity index (χ3v) is 4.62. The summed E-state index contributed by atoms with van der Waals surface area (Å²) in [6, 6.07) is 12.6. The molecular formula is C22H25FIN5. The Morgan fingerprint density at radius 3 is 2.79 bits per heavy atom. The van der Waals surface area contributed by atoms with E-state index in [4.69, 9.17) is 5.26 Å². The van der Waals surface area contributed by atoms with Crippen LogP contribution < -0.4 is 10.6 Å². The van der Waals surface area contributed by atoms with Gasteiger partial charge in [-0.2, -0.15) is 5.26 Å². The lowest BCUT2D eigenvalue weighted by Gasteiger charge is -2.11. The number of hydrogen-bond acceptors (Lipinski definition) is 2. The number of halogens is 2. The van der Waals surface area contributed by atoms with Crippen LogP contribution in [0.2, 0.25) is 0 Å². The number of aryl methyl sites for hydroxylation is 1. The predicted octanol–water partition coefficient (Wildman–Crippen LogP) is 4.40. The molecule has 2 aromatic carbocycles. The van der Waals surface area contributed by atoms with Crippen molar-refractivity contribution in [2.45, 2.75) is 26.8 Å². The molecule has 3 N–H and O–H groups in total. The van der Waals surface area contributed by atoms with Gasteiger partial charge in [-0.05, 0) is 49.6 Å². The standard InChI is InChI=1S/C22H24FN5.HI/c1-3-25-22(28-14-18-11-16(12-24)7-8-20(18)23)26-10-9-17-13-27-21-15(2)5-4-6-19(17)21;/h4-8,11,13,27H,3,9-10,14H2,1-2H3,(H2,25,26,28);1H. The minimum atomic E-state index is -0.354. The first-order valence-electron chi connectivity index (χ1n) is 9.38. The molecule has 1 heterocycles. The van der Waals surface area contributed by atoms with E-state index in [9.17, 15) is 4.39 Å². The second kappa shape index (κ2) is 10.8. The molecule has 0 saturated heterocycles. The molecular weight excluding hydrogens is 480 g/mol. The van der Waals surface area contributed by atoms with Crippen LogP contribution in [-0.4, -0.2) is 24.0 Å². The van der Waals surface area contributed by atoms with Crippen LogP contribution in [0.3, 0.4) is 0 Å². The molecule has 0 saturated carbocycles. The summed E-state index contributed by atoms with van der Waals surface area (Å²) >= 11 is 0. The third kappa shape index (κ3) is 5.70. The fraction of sp³-hybridized carbons (Fsp3) is 0.273. The highest BCUT2D eigenvalue weighted by Crippen LogP contribution is 2.21. The van der Waals surface area contributed by atoms with Gasteiger partial charge in [0.1, 0.15) is 5.82 Å². The number of nitrogens with zero attached hydrogens (tertiary/aromatic N) is 2. The molecule has 0 aliphatic rings. The van der Waals surface area contributed by atoms with Gasteiger partial charge in [-0.1, -0.05) is 18.2 Å². The van der Waals surface area contributed by atoms with Gasteiger partial charge >= 0.3 is 0 Å². The maximum absolute atomic E-state index is 13.9. The van der Waals surface area contributed by atoms with E-state index in [0.717, 1.165) is 6.42 Å². The van der Waals surface area contributed by atoms with Crippen molar-refractivity contribution in [1.82, 2.24) is 15.6 Å². The molecule has 0 aliphatic carbocycles. The number of H-pyrrole nitrogens is 1. The number of fused-ring (bicyclic) bond motifs is 1. The zero-order valence-corrected chi connectivity index (χ0v) is 18.9. The average Bonchev–Trinajstić information content (AvgIpc) is 3.11. The van der Waals surface area contributed by atoms with Crippen molar-refractivity contribution in [1.29, 1.82) is 5.26 Å². The average molecular weight is 505 g/mol. The summed E-state index contributed by atoms with van der Waals surface area (Å²) in [5, 5.41) is 16.7. The zero-order valence-electron chi connectivity index (χ0n) is 16.6. The number of guanidine groups is 1. The first-order chi connectivity index (χ1) is 13.6. The third-order valence-electron chi connectivity index (χ3n) is 4.62. The molecule has 3 aromatic rings. The van der Waals surface area contributed by atoms with Crippen LogP contribution in [0.15, 0.2) is 47.6 Å². The van der Waals surface area contributed by atoms with Crippen molar-refractivity contribution in [2.24, 2.45) is 4.99 Å². The highest BCUT2D eigenvalue weighted by Gasteiger charge is 2.07. The smallest absolute Gasteiger partial charge is 0.191 e. The lowest BCUT2D eigenvalue weighted by molar-refractivity contribution is 0.610. The van der Waals surface area contributed by atoms with Gasteiger partial charge in [0.25, 0.3) is 0 Å². The zero-order chi connectivity index (χ0) is 19.9. The van der Waals surface area contributed by atoms with Crippen molar-refractivity contribution >= 4 is 40.8 Å².